The van der Waals surface area contributed by atoms with E-state index in [2.05, 4.69) is 5.32 Å². The zero-order valence-electron chi connectivity index (χ0n) is 9.24. The molecule has 0 amide bonds. The summed E-state index contributed by atoms with van der Waals surface area (Å²) in [5, 5.41) is 25.3. The fourth-order valence-corrected chi connectivity index (χ4v) is 1.10. The van der Waals surface area contributed by atoms with Crippen molar-refractivity contribution in [1.29, 1.82) is 0 Å². The lowest BCUT2D eigenvalue weighted by atomic mass is 10.0. The Balaban J connectivity index is 0.000000487. The smallest absolute Gasteiger partial charge is 0.387 e. The van der Waals surface area contributed by atoms with Crippen LogP contribution in [0.2, 0.25) is 0 Å². The minimum Gasteiger partial charge on any atom is -0.387 e. The minimum absolute atomic E-state index is 0.0902. The standard InChI is InChI=1S/C10H15NO.H2NO3/c1-8(11-2)10(12)9-6-4-3-5-7-9;2-1(3)4/h3-8,10-12H,1-2H3;(H2,2,3,4)/q;+1/t8-,10-;/m0./s1. The van der Waals surface area contributed by atoms with E-state index >= 15 is 0 Å². The molecule has 90 valence electrons. The number of hydrogen-bond donors (Lipinski definition) is 4. The molecule has 1 aromatic rings. The number of aliphatic hydroxyl groups is 1. The number of rotatable bonds is 3. The molecule has 1 rings (SSSR count). The molecule has 0 aromatic heterocycles. The lowest BCUT2D eigenvalue weighted by Crippen LogP contribution is -2.28. The molecule has 0 aliphatic heterocycles. The van der Waals surface area contributed by atoms with Crippen molar-refractivity contribution in [3.63, 3.8) is 0 Å². The molecule has 16 heavy (non-hydrogen) atoms. The summed E-state index contributed by atoms with van der Waals surface area (Å²) in [6.45, 7) is 1.96. The molecule has 0 unspecified atom stereocenters. The molecule has 4 N–H and O–H groups in total. The van der Waals surface area contributed by atoms with E-state index in [0.717, 1.165) is 5.56 Å². The quantitative estimate of drug-likeness (QED) is 0.577. The van der Waals surface area contributed by atoms with Gasteiger partial charge < -0.3 is 10.4 Å². The van der Waals surface area contributed by atoms with Gasteiger partial charge in [0.2, 0.25) is 0 Å². The van der Waals surface area contributed by atoms with Gasteiger partial charge in [-0.05, 0) is 19.5 Å². The molecule has 1 aromatic carbocycles. The molecule has 0 heterocycles. The van der Waals surface area contributed by atoms with Crippen LogP contribution in [0, 0.1) is 4.91 Å². The fourth-order valence-electron chi connectivity index (χ4n) is 1.10. The highest BCUT2D eigenvalue weighted by Crippen LogP contribution is 2.15. The topological polar surface area (TPSA) is 92.8 Å². The Kier molecular flexibility index (Phi) is 6.82. The molecule has 6 heteroatoms. The minimum atomic E-state index is -1.25. The predicted octanol–water partition coefficient (Wildman–Crippen LogP) is 0.872. The van der Waals surface area contributed by atoms with E-state index in [9.17, 15) is 5.11 Å². The third-order valence-corrected chi connectivity index (χ3v) is 2.07. The summed E-state index contributed by atoms with van der Waals surface area (Å²) in [6.07, 6.45) is -0.420. The third kappa shape index (κ3) is 5.94. The average molecular weight is 229 g/mol. The van der Waals surface area contributed by atoms with Gasteiger partial charge in [0.05, 0.1) is 6.10 Å². The van der Waals surface area contributed by atoms with Crippen LogP contribution in [-0.2, 0) is 0 Å². The van der Waals surface area contributed by atoms with Crippen LogP contribution >= 0.6 is 0 Å². The molecule has 0 saturated heterocycles. The molecule has 0 bridgehead atoms. The fraction of sp³-hybridized carbons (Fsp3) is 0.400. The summed E-state index contributed by atoms with van der Waals surface area (Å²) in [6, 6.07) is 9.76. The number of likely N-dealkylation sites (N-methyl/N-ethyl adjacent to an activating group) is 1. The van der Waals surface area contributed by atoms with Crippen molar-refractivity contribution >= 4 is 0 Å². The van der Waals surface area contributed by atoms with Gasteiger partial charge in [-0.1, -0.05) is 30.3 Å². The largest absolute Gasteiger partial charge is 0.472 e. The highest BCUT2D eigenvalue weighted by atomic mass is 16.9. The first-order valence-corrected chi connectivity index (χ1v) is 4.74. The third-order valence-electron chi connectivity index (χ3n) is 2.07. The number of hydrogen-bond acceptors (Lipinski definition) is 3. The van der Waals surface area contributed by atoms with E-state index in [-0.39, 0.29) is 6.04 Å². The van der Waals surface area contributed by atoms with Gasteiger partial charge in [0.25, 0.3) is 0 Å². The SMILES string of the molecule is CN[C@@H](C)[C@H](O)c1ccccc1.O=[N+](O)O. The second kappa shape index (κ2) is 7.61. The molecule has 0 fully saturated rings. The Hall–Kier alpha value is -1.66. The van der Waals surface area contributed by atoms with Crippen LogP contribution in [0.5, 0.6) is 0 Å². The summed E-state index contributed by atoms with van der Waals surface area (Å²) in [5.41, 5.74) is 0.958. The van der Waals surface area contributed by atoms with Crippen LogP contribution in [0.15, 0.2) is 30.3 Å². The first-order valence-electron chi connectivity index (χ1n) is 4.74. The van der Waals surface area contributed by atoms with Gasteiger partial charge in [0, 0.05) is 6.04 Å². The van der Waals surface area contributed by atoms with E-state index in [4.69, 9.17) is 15.3 Å². The van der Waals surface area contributed by atoms with Crippen LogP contribution in [0.4, 0.5) is 0 Å². The van der Waals surface area contributed by atoms with E-state index in [1.807, 2.05) is 44.3 Å². The Morgan fingerprint density at radius 3 is 2.06 bits per heavy atom. The van der Waals surface area contributed by atoms with Crippen molar-refractivity contribution in [1.82, 2.24) is 5.32 Å². The van der Waals surface area contributed by atoms with Gasteiger partial charge in [0.15, 0.2) is 0 Å². The molecule has 0 radical (unpaired) electrons. The second-order valence-corrected chi connectivity index (χ2v) is 3.19. The van der Waals surface area contributed by atoms with Gasteiger partial charge in [0.1, 0.15) is 4.91 Å². The molecule has 0 aliphatic rings. The number of nitrogens with one attached hydrogen (secondary N) is 1. The van der Waals surface area contributed by atoms with Crippen molar-refractivity contribution < 1.29 is 20.6 Å². The highest BCUT2D eigenvalue weighted by Gasteiger charge is 2.12. The zero-order valence-corrected chi connectivity index (χ0v) is 9.24. The number of nitrogens with zero attached hydrogens (tertiary/aromatic N) is 1. The van der Waals surface area contributed by atoms with E-state index in [0.29, 0.717) is 0 Å². The molecule has 0 spiro atoms. The van der Waals surface area contributed by atoms with Crippen LogP contribution in [0.3, 0.4) is 0 Å². The van der Waals surface area contributed by atoms with Crippen molar-refractivity contribution in [3.05, 3.63) is 40.8 Å². The van der Waals surface area contributed by atoms with Gasteiger partial charge in [-0.3, -0.25) is 0 Å². The maximum absolute atomic E-state index is 9.73. The highest BCUT2D eigenvalue weighted by molar-refractivity contribution is 5.18. The predicted molar refractivity (Wildman–Crippen MR) is 57.1 cm³/mol. The van der Waals surface area contributed by atoms with Gasteiger partial charge in [-0.2, -0.15) is 0 Å². The number of aliphatic hydroxyl groups excluding tert-OH is 1. The maximum Gasteiger partial charge on any atom is 0.472 e. The molecule has 6 nitrogen and oxygen atoms in total. The van der Waals surface area contributed by atoms with Crippen LogP contribution in [0.1, 0.15) is 18.6 Å². The van der Waals surface area contributed by atoms with Crippen LogP contribution < -0.4 is 5.32 Å². The normalized spacial score (nSPS) is 13.2. The van der Waals surface area contributed by atoms with E-state index in [1.165, 1.54) is 0 Å². The first-order chi connectivity index (χ1) is 7.49. The Labute approximate surface area is 93.6 Å². The zero-order chi connectivity index (χ0) is 12.6. The van der Waals surface area contributed by atoms with Crippen LogP contribution in [0.25, 0.3) is 0 Å². The van der Waals surface area contributed by atoms with Gasteiger partial charge in [-0.15, -0.1) is 0 Å². The van der Waals surface area contributed by atoms with Gasteiger partial charge >= 0.3 is 5.09 Å². The van der Waals surface area contributed by atoms with Crippen molar-refractivity contribution in [2.24, 2.45) is 0 Å². The summed E-state index contributed by atoms with van der Waals surface area (Å²) in [4.78, 5) is 8.47. The maximum atomic E-state index is 9.73. The summed E-state index contributed by atoms with van der Waals surface area (Å²) < 4.78 is 0. The summed E-state index contributed by atoms with van der Waals surface area (Å²) >= 11 is 0. The average Bonchev–Trinajstić information content (AvgIpc) is 2.27. The summed E-state index contributed by atoms with van der Waals surface area (Å²) in [7, 11) is 1.84. The molecule has 0 saturated carbocycles. The molecular formula is C10H17N2O4+. The van der Waals surface area contributed by atoms with Crippen molar-refractivity contribution in [3.8, 4) is 0 Å². The molecular weight excluding hydrogens is 212 g/mol. The Bertz CT molecular complexity index is 301. The van der Waals surface area contributed by atoms with Gasteiger partial charge in [-0.25, -0.2) is 10.4 Å². The second-order valence-electron chi connectivity index (χ2n) is 3.19. The molecule has 2 atom stereocenters. The van der Waals surface area contributed by atoms with E-state index < -0.39 is 11.2 Å². The van der Waals surface area contributed by atoms with Crippen LogP contribution in [-0.4, -0.2) is 33.7 Å². The monoisotopic (exact) mass is 229 g/mol. The van der Waals surface area contributed by atoms with Crippen molar-refractivity contribution in [2.75, 3.05) is 7.05 Å². The lowest BCUT2D eigenvalue weighted by molar-refractivity contribution is -0.969. The first kappa shape index (κ1) is 14.3. The van der Waals surface area contributed by atoms with E-state index in [1.54, 1.807) is 0 Å². The lowest BCUT2D eigenvalue weighted by Gasteiger charge is -2.17. The Morgan fingerprint density at radius 2 is 1.69 bits per heavy atom. The Morgan fingerprint density at radius 1 is 1.25 bits per heavy atom. The van der Waals surface area contributed by atoms with Crippen molar-refractivity contribution in [2.45, 2.75) is 19.1 Å². The summed E-state index contributed by atoms with van der Waals surface area (Å²) in [5.74, 6) is 0. The molecule has 0 aliphatic carbocycles. The number of benzene rings is 1.